The van der Waals surface area contributed by atoms with Crippen LogP contribution in [-0.4, -0.2) is 24.2 Å². The second-order valence-electron chi connectivity index (χ2n) is 5.35. The number of pyridine rings is 1. The fourth-order valence-corrected chi connectivity index (χ4v) is 2.86. The van der Waals surface area contributed by atoms with E-state index in [1.165, 1.54) is 18.4 Å². The number of aromatic nitrogens is 1. The van der Waals surface area contributed by atoms with Crippen LogP contribution in [0.3, 0.4) is 0 Å². The van der Waals surface area contributed by atoms with E-state index in [1.807, 2.05) is 6.07 Å². The predicted molar refractivity (Wildman–Crippen MR) is 72.1 cm³/mol. The molecule has 3 rings (SSSR count). The van der Waals surface area contributed by atoms with Crippen LogP contribution in [0.25, 0.3) is 0 Å². The van der Waals surface area contributed by atoms with Crippen LogP contribution in [0.15, 0.2) is 6.07 Å². The highest BCUT2D eigenvalue weighted by Gasteiger charge is 2.20. The molecule has 0 bridgehead atoms. The maximum Gasteiger partial charge on any atom is 0.232 e. The average Bonchev–Trinajstić information content (AvgIpc) is 2.47. The minimum absolute atomic E-state index is 0.148. The summed E-state index contributed by atoms with van der Waals surface area (Å²) in [6.45, 7) is 1.91. The number of fused-ring (bicyclic) bond motifs is 1. The molecular weight excluding hydrogens is 238 g/mol. The summed E-state index contributed by atoms with van der Waals surface area (Å²) in [4.78, 5) is 4.61. The Bertz CT molecular complexity index is 501. The van der Waals surface area contributed by atoms with Crippen LogP contribution in [0.1, 0.15) is 42.5 Å². The molecule has 1 atom stereocenters. The Kier molecular flexibility index (Phi) is 3.65. The van der Waals surface area contributed by atoms with Crippen LogP contribution >= 0.6 is 0 Å². The molecule has 2 aliphatic rings. The van der Waals surface area contributed by atoms with Crippen molar-refractivity contribution in [1.29, 1.82) is 5.26 Å². The molecule has 1 aromatic heterocycles. The highest BCUT2D eigenvalue weighted by Crippen LogP contribution is 2.26. The van der Waals surface area contributed by atoms with E-state index in [9.17, 15) is 5.26 Å². The Hall–Kier alpha value is -1.60. The van der Waals surface area contributed by atoms with Gasteiger partial charge in [0.15, 0.2) is 0 Å². The predicted octanol–water partition coefficient (Wildman–Crippen LogP) is 1.96. The Labute approximate surface area is 113 Å². The van der Waals surface area contributed by atoms with E-state index in [0.717, 1.165) is 44.5 Å². The molecule has 0 radical (unpaired) electrons. The molecule has 0 amide bonds. The molecule has 0 aromatic carbocycles. The van der Waals surface area contributed by atoms with Gasteiger partial charge in [-0.25, -0.2) is 4.98 Å². The number of nitrogens with zero attached hydrogens (tertiary/aromatic N) is 2. The van der Waals surface area contributed by atoms with Crippen molar-refractivity contribution in [1.82, 2.24) is 10.3 Å². The van der Waals surface area contributed by atoms with Gasteiger partial charge in [0.2, 0.25) is 5.88 Å². The van der Waals surface area contributed by atoms with Crippen molar-refractivity contribution in [2.45, 2.75) is 44.6 Å². The largest absolute Gasteiger partial charge is 0.472 e. The van der Waals surface area contributed by atoms with E-state index >= 15 is 0 Å². The minimum atomic E-state index is 0.148. The maximum atomic E-state index is 9.26. The molecule has 1 N–H and O–H groups in total. The minimum Gasteiger partial charge on any atom is -0.472 e. The number of rotatable bonds is 2. The smallest absolute Gasteiger partial charge is 0.232 e. The number of piperidine rings is 1. The summed E-state index contributed by atoms with van der Waals surface area (Å²) < 4.78 is 5.95. The summed E-state index contributed by atoms with van der Waals surface area (Å²) in [5, 5.41) is 12.6. The molecule has 19 heavy (non-hydrogen) atoms. The molecule has 4 nitrogen and oxygen atoms in total. The van der Waals surface area contributed by atoms with Crippen LogP contribution in [-0.2, 0) is 12.8 Å². The Morgan fingerprint density at radius 2 is 2.21 bits per heavy atom. The van der Waals surface area contributed by atoms with E-state index in [4.69, 9.17) is 4.74 Å². The van der Waals surface area contributed by atoms with Gasteiger partial charge in [0.25, 0.3) is 0 Å². The van der Waals surface area contributed by atoms with Gasteiger partial charge in [-0.05, 0) is 56.7 Å². The lowest BCUT2D eigenvalue weighted by atomic mass is 9.95. The molecule has 2 heterocycles. The summed E-state index contributed by atoms with van der Waals surface area (Å²) in [5.41, 5.74) is 2.95. The molecule has 1 fully saturated rings. The zero-order chi connectivity index (χ0) is 13.1. The Balaban J connectivity index is 1.84. The van der Waals surface area contributed by atoms with Gasteiger partial charge in [-0.15, -0.1) is 0 Å². The van der Waals surface area contributed by atoms with Crippen molar-refractivity contribution >= 4 is 0 Å². The standard InChI is InChI=1S/C15H19N3O/c16-9-12-8-11-4-1-2-6-14(11)18-15(12)19-13-5-3-7-17-10-13/h8,13,17H,1-7,10H2/t13-/m0/s1. The molecule has 1 aliphatic heterocycles. The lowest BCUT2D eigenvalue weighted by molar-refractivity contribution is 0.159. The molecular formula is C15H19N3O. The first kappa shape index (κ1) is 12.4. The molecule has 1 aromatic rings. The topological polar surface area (TPSA) is 57.9 Å². The van der Waals surface area contributed by atoms with Gasteiger partial charge in [0.1, 0.15) is 17.7 Å². The molecule has 1 saturated heterocycles. The van der Waals surface area contributed by atoms with E-state index in [1.54, 1.807) is 0 Å². The Morgan fingerprint density at radius 3 is 3.00 bits per heavy atom. The monoisotopic (exact) mass is 257 g/mol. The van der Waals surface area contributed by atoms with Crippen LogP contribution in [0.5, 0.6) is 5.88 Å². The van der Waals surface area contributed by atoms with Crippen molar-refractivity contribution < 1.29 is 4.74 Å². The number of nitrogens with one attached hydrogen (secondary N) is 1. The fraction of sp³-hybridized carbons (Fsp3) is 0.600. The molecule has 0 spiro atoms. The molecule has 0 saturated carbocycles. The van der Waals surface area contributed by atoms with Gasteiger partial charge in [-0.1, -0.05) is 0 Å². The first-order chi connectivity index (χ1) is 9.36. The van der Waals surface area contributed by atoms with Gasteiger partial charge in [0, 0.05) is 12.2 Å². The highest BCUT2D eigenvalue weighted by atomic mass is 16.5. The lowest BCUT2D eigenvalue weighted by Gasteiger charge is -2.25. The van der Waals surface area contributed by atoms with Gasteiger partial charge < -0.3 is 10.1 Å². The van der Waals surface area contributed by atoms with Crippen LogP contribution in [0.2, 0.25) is 0 Å². The van der Waals surface area contributed by atoms with Crippen molar-refractivity contribution in [2.24, 2.45) is 0 Å². The fourth-order valence-electron chi connectivity index (χ4n) is 2.86. The summed E-state index contributed by atoms with van der Waals surface area (Å²) in [5.74, 6) is 0.539. The number of aryl methyl sites for hydroxylation is 2. The van der Waals surface area contributed by atoms with Crippen LogP contribution < -0.4 is 10.1 Å². The molecule has 4 heteroatoms. The van der Waals surface area contributed by atoms with Gasteiger partial charge >= 0.3 is 0 Å². The zero-order valence-corrected chi connectivity index (χ0v) is 11.1. The van der Waals surface area contributed by atoms with Gasteiger partial charge in [0.05, 0.1) is 0 Å². The number of ether oxygens (including phenoxy) is 1. The highest BCUT2D eigenvalue weighted by molar-refractivity contribution is 5.43. The third-order valence-corrected chi connectivity index (χ3v) is 3.92. The first-order valence-corrected chi connectivity index (χ1v) is 7.17. The van der Waals surface area contributed by atoms with E-state index in [-0.39, 0.29) is 6.10 Å². The zero-order valence-electron chi connectivity index (χ0n) is 11.1. The van der Waals surface area contributed by atoms with Gasteiger partial charge in [-0.2, -0.15) is 5.26 Å². The number of hydrogen-bond donors (Lipinski definition) is 1. The van der Waals surface area contributed by atoms with Gasteiger partial charge in [-0.3, -0.25) is 0 Å². The SMILES string of the molecule is N#Cc1cc2c(nc1O[C@H]1CCCNC1)CCCC2. The second-order valence-corrected chi connectivity index (χ2v) is 5.35. The molecule has 100 valence electrons. The lowest BCUT2D eigenvalue weighted by Crippen LogP contribution is -2.37. The summed E-state index contributed by atoms with van der Waals surface area (Å²) in [6.07, 6.45) is 6.76. The summed E-state index contributed by atoms with van der Waals surface area (Å²) >= 11 is 0. The molecule has 1 aliphatic carbocycles. The second kappa shape index (κ2) is 5.58. The van der Waals surface area contributed by atoms with Crippen LogP contribution in [0.4, 0.5) is 0 Å². The van der Waals surface area contributed by atoms with Crippen molar-refractivity contribution in [3.05, 3.63) is 22.9 Å². The van der Waals surface area contributed by atoms with E-state index < -0.39 is 0 Å². The number of hydrogen-bond acceptors (Lipinski definition) is 4. The number of nitriles is 1. The summed E-state index contributed by atoms with van der Waals surface area (Å²) in [6, 6.07) is 4.21. The maximum absolute atomic E-state index is 9.26. The third-order valence-electron chi connectivity index (χ3n) is 3.92. The first-order valence-electron chi connectivity index (χ1n) is 7.17. The normalized spacial score (nSPS) is 22.4. The van der Waals surface area contributed by atoms with Crippen molar-refractivity contribution in [2.75, 3.05) is 13.1 Å². The third kappa shape index (κ3) is 2.71. The molecule has 0 unspecified atom stereocenters. The van der Waals surface area contributed by atoms with E-state index in [2.05, 4.69) is 16.4 Å². The quantitative estimate of drug-likeness (QED) is 0.880. The van der Waals surface area contributed by atoms with Crippen molar-refractivity contribution in [3.63, 3.8) is 0 Å². The Morgan fingerprint density at radius 1 is 1.32 bits per heavy atom. The van der Waals surface area contributed by atoms with Crippen molar-refractivity contribution in [3.8, 4) is 11.9 Å². The van der Waals surface area contributed by atoms with E-state index in [0.29, 0.717) is 11.4 Å². The summed E-state index contributed by atoms with van der Waals surface area (Å²) in [7, 11) is 0. The average molecular weight is 257 g/mol. The van der Waals surface area contributed by atoms with Crippen LogP contribution in [0, 0.1) is 11.3 Å².